The average molecular weight is 419 g/mol. The maximum atomic E-state index is 12.0. The zero-order valence-corrected chi connectivity index (χ0v) is 16.1. The van der Waals surface area contributed by atoms with Crippen LogP contribution in [-0.2, 0) is 0 Å². The number of nitrogens with zero attached hydrogens (tertiary/aromatic N) is 5. The van der Waals surface area contributed by atoms with E-state index >= 15 is 0 Å². The first-order valence-electron chi connectivity index (χ1n) is 7.94. The summed E-state index contributed by atoms with van der Waals surface area (Å²) in [6.45, 7) is 3.89. The van der Waals surface area contributed by atoms with Gasteiger partial charge in [-0.15, -0.1) is 5.10 Å². The van der Waals surface area contributed by atoms with Gasteiger partial charge in [0, 0.05) is 18.2 Å². The van der Waals surface area contributed by atoms with Gasteiger partial charge in [-0.05, 0) is 12.1 Å². The van der Waals surface area contributed by atoms with Gasteiger partial charge in [0.2, 0.25) is 11.6 Å². The lowest BCUT2D eigenvalue weighted by Crippen LogP contribution is -2.33. The number of ether oxygens (including phenoxy) is 1. The molecule has 0 fully saturated rings. The van der Waals surface area contributed by atoms with Gasteiger partial charge in [-0.25, -0.2) is 9.78 Å². The molecule has 28 heavy (non-hydrogen) atoms. The van der Waals surface area contributed by atoms with E-state index in [2.05, 4.69) is 15.1 Å². The molecule has 0 atom stereocenters. The van der Waals surface area contributed by atoms with Crippen molar-refractivity contribution in [1.82, 2.24) is 24.7 Å². The van der Waals surface area contributed by atoms with E-state index in [0.29, 0.717) is 5.82 Å². The standard InChI is InChI=1S/C17H12Cl2N6O3/c1-8(2)15-21-4-3-13(22-15)28-14-10(18)5-9(6-11(14)19)25-17(27)23-16(26)12(7-20)24-25/h3-6,8H,1-2H3,(H,23,26,27). The molecule has 0 saturated carbocycles. The van der Waals surface area contributed by atoms with Gasteiger partial charge in [0.1, 0.15) is 11.9 Å². The Kier molecular flexibility index (Phi) is 5.44. The van der Waals surface area contributed by atoms with Crippen molar-refractivity contribution in [3.63, 3.8) is 0 Å². The second-order valence-electron chi connectivity index (χ2n) is 5.88. The van der Waals surface area contributed by atoms with E-state index in [1.54, 1.807) is 18.3 Å². The van der Waals surface area contributed by atoms with Gasteiger partial charge in [0.05, 0.1) is 15.7 Å². The first-order valence-corrected chi connectivity index (χ1v) is 8.69. The van der Waals surface area contributed by atoms with Crippen molar-refractivity contribution in [3.8, 4) is 23.4 Å². The summed E-state index contributed by atoms with van der Waals surface area (Å²) in [5.74, 6) is 1.07. The van der Waals surface area contributed by atoms with Crippen molar-refractivity contribution in [1.29, 1.82) is 5.26 Å². The van der Waals surface area contributed by atoms with Crippen molar-refractivity contribution in [2.45, 2.75) is 19.8 Å². The van der Waals surface area contributed by atoms with Crippen molar-refractivity contribution in [2.24, 2.45) is 0 Å². The van der Waals surface area contributed by atoms with E-state index in [4.69, 9.17) is 33.2 Å². The number of hydrogen-bond donors (Lipinski definition) is 1. The maximum Gasteiger partial charge on any atom is 0.349 e. The fourth-order valence-electron chi connectivity index (χ4n) is 2.21. The zero-order chi connectivity index (χ0) is 20.4. The molecule has 1 aromatic carbocycles. The smallest absolute Gasteiger partial charge is 0.349 e. The SMILES string of the molecule is CC(C)c1nccc(Oc2c(Cl)cc(-n3nc(C#N)c(=O)[nH]c3=O)cc2Cl)n1. The van der Waals surface area contributed by atoms with Crippen molar-refractivity contribution in [2.75, 3.05) is 0 Å². The first-order chi connectivity index (χ1) is 13.3. The molecule has 142 valence electrons. The lowest BCUT2D eigenvalue weighted by atomic mass is 10.2. The molecule has 0 radical (unpaired) electrons. The molecule has 0 aliphatic rings. The molecule has 0 unspecified atom stereocenters. The number of aromatic amines is 1. The fourth-order valence-corrected chi connectivity index (χ4v) is 2.76. The summed E-state index contributed by atoms with van der Waals surface area (Å²) >= 11 is 12.5. The van der Waals surface area contributed by atoms with Crippen LogP contribution in [0.5, 0.6) is 11.6 Å². The van der Waals surface area contributed by atoms with E-state index in [1.807, 2.05) is 18.8 Å². The van der Waals surface area contributed by atoms with Crippen LogP contribution in [0.15, 0.2) is 34.0 Å². The third kappa shape index (κ3) is 3.88. The Morgan fingerprint density at radius 3 is 2.54 bits per heavy atom. The third-order valence-corrected chi connectivity index (χ3v) is 4.09. The summed E-state index contributed by atoms with van der Waals surface area (Å²) in [5.41, 5.74) is -2.06. The van der Waals surface area contributed by atoms with Crippen LogP contribution in [0, 0.1) is 11.3 Å². The fraction of sp³-hybridized carbons (Fsp3) is 0.176. The Bertz CT molecular complexity index is 1190. The van der Waals surface area contributed by atoms with Gasteiger partial charge in [0.25, 0.3) is 5.56 Å². The van der Waals surface area contributed by atoms with E-state index in [1.165, 1.54) is 12.1 Å². The lowest BCUT2D eigenvalue weighted by molar-refractivity contribution is 0.457. The summed E-state index contributed by atoms with van der Waals surface area (Å²) in [4.78, 5) is 33.9. The van der Waals surface area contributed by atoms with Crippen LogP contribution in [0.25, 0.3) is 5.69 Å². The molecule has 0 aliphatic carbocycles. The highest BCUT2D eigenvalue weighted by Crippen LogP contribution is 2.37. The van der Waals surface area contributed by atoms with Crippen LogP contribution in [-0.4, -0.2) is 24.7 Å². The van der Waals surface area contributed by atoms with Crippen molar-refractivity contribution >= 4 is 23.2 Å². The summed E-state index contributed by atoms with van der Waals surface area (Å²) in [5, 5.41) is 12.8. The highest BCUT2D eigenvalue weighted by molar-refractivity contribution is 6.37. The Morgan fingerprint density at radius 1 is 1.25 bits per heavy atom. The highest BCUT2D eigenvalue weighted by atomic mass is 35.5. The molecular formula is C17H12Cl2N6O3. The minimum Gasteiger partial charge on any atom is -0.436 e. The molecule has 0 amide bonds. The third-order valence-electron chi connectivity index (χ3n) is 3.53. The molecule has 1 N–H and O–H groups in total. The quantitative estimate of drug-likeness (QED) is 0.689. The number of nitrogens with one attached hydrogen (secondary N) is 1. The number of halogens is 2. The molecule has 0 spiro atoms. The zero-order valence-electron chi connectivity index (χ0n) is 14.6. The van der Waals surface area contributed by atoms with Gasteiger partial charge in [-0.2, -0.15) is 14.9 Å². The maximum absolute atomic E-state index is 12.0. The number of nitriles is 1. The van der Waals surface area contributed by atoms with Gasteiger partial charge >= 0.3 is 5.69 Å². The van der Waals surface area contributed by atoms with Gasteiger partial charge in [-0.1, -0.05) is 37.0 Å². The van der Waals surface area contributed by atoms with Crippen LogP contribution in [0.4, 0.5) is 0 Å². The molecular weight excluding hydrogens is 407 g/mol. The second kappa shape index (κ2) is 7.80. The predicted molar refractivity (Wildman–Crippen MR) is 101 cm³/mol. The molecule has 0 aliphatic heterocycles. The Morgan fingerprint density at radius 2 is 1.93 bits per heavy atom. The Labute approximate surface area is 168 Å². The van der Waals surface area contributed by atoms with Gasteiger partial charge in [-0.3, -0.25) is 9.78 Å². The number of hydrogen-bond acceptors (Lipinski definition) is 7. The van der Waals surface area contributed by atoms with Gasteiger partial charge < -0.3 is 4.74 Å². The lowest BCUT2D eigenvalue weighted by Gasteiger charge is -2.12. The molecule has 0 saturated heterocycles. The molecule has 2 aromatic heterocycles. The number of rotatable bonds is 4. The van der Waals surface area contributed by atoms with Crippen LogP contribution < -0.4 is 16.0 Å². The molecule has 0 bridgehead atoms. The molecule has 3 rings (SSSR count). The summed E-state index contributed by atoms with van der Waals surface area (Å²) in [7, 11) is 0. The molecule has 2 heterocycles. The van der Waals surface area contributed by atoms with E-state index in [-0.39, 0.29) is 33.3 Å². The largest absolute Gasteiger partial charge is 0.436 e. The number of aromatic nitrogens is 5. The summed E-state index contributed by atoms with van der Waals surface area (Å²) in [6, 6.07) is 5.88. The number of H-pyrrole nitrogens is 1. The van der Waals surface area contributed by atoms with Crippen molar-refractivity contribution in [3.05, 3.63) is 66.8 Å². The highest BCUT2D eigenvalue weighted by Gasteiger charge is 2.16. The first kappa shape index (κ1) is 19.5. The van der Waals surface area contributed by atoms with Crippen LogP contribution >= 0.6 is 23.2 Å². The Hall–Kier alpha value is -3.22. The number of benzene rings is 1. The monoisotopic (exact) mass is 418 g/mol. The average Bonchev–Trinajstić information content (AvgIpc) is 2.65. The van der Waals surface area contributed by atoms with Crippen LogP contribution in [0.3, 0.4) is 0 Å². The molecule has 11 heteroatoms. The predicted octanol–water partition coefficient (Wildman–Crippen LogP) is 2.80. The topological polar surface area (TPSA) is 127 Å². The van der Waals surface area contributed by atoms with E-state index in [9.17, 15) is 9.59 Å². The van der Waals surface area contributed by atoms with Crippen LogP contribution in [0.1, 0.15) is 31.3 Å². The van der Waals surface area contributed by atoms with Crippen molar-refractivity contribution < 1.29 is 4.74 Å². The van der Waals surface area contributed by atoms with Gasteiger partial charge in [0.15, 0.2) is 5.75 Å². The minimum absolute atomic E-state index is 0.0746. The Balaban J connectivity index is 2.03. The molecule has 3 aromatic rings. The summed E-state index contributed by atoms with van der Waals surface area (Å²) in [6.07, 6.45) is 1.56. The summed E-state index contributed by atoms with van der Waals surface area (Å²) < 4.78 is 6.49. The normalized spacial score (nSPS) is 10.7. The second-order valence-corrected chi connectivity index (χ2v) is 6.69. The van der Waals surface area contributed by atoms with Crippen LogP contribution in [0.2, 0.25) is 10.0 Å². The molecule has 9 nitrogen and oxygen atoms in total. The van der Waals surface area contributed by atoms with E-state index in [0.717, 1.165) is 4.68 Å². The minimum atomic E-state index is -0.884. The van der Waals surface area contributed by atoms with E-state index < -0.39 is 16.9 Å².